The Morgan fingerprint density at radius 1 is 1.65 bits per heavy atom. The number of esters is 1. The molecule has 0 fully saturated rings. The molecule has 0 spiro atoms. The minimum atomic E-state index is -0.381. The van der Waals surface area contributed by atoms with Crippen molar-refractivity contribution in [1.82, 2.24) is 4.98 Å². The number of carbonyl (C=O) groups excluding carboxylic acids is 1. The molecule has 6 heteroatoms. The molecule has 2 aromatic heterocycles. The van der Waals surface area contributed by atoms with E-state index in [0.717, 1.165) is 18.7 Å². The number of aromatic nitrogens is 1. The fourth-order valence-corrected chi connectivity index (χ4v) is 3.80. The lowest BCUT2D eigenvalue weighted by Crippen LogP contribution is -2.07. The van der Waals surface area contributed by atoms with Crippen LogP contribution in [0.5, 0.6) is 0 Å². The molecule has 0 aliphatic rings. The van der Waals surface area contributed by atoms with Crippen molar-refractivity contribution in [2.75, 3.05) is 6.61 Å². The highest BCUT2D eigenvalue weighted by Crippen LogP contribution is 2.32. The van der Waals surface area contributed by atoms with Gasteiger partial charge >= 0.3 is 5.97 Å². The maximum atomic E-state index is 11.4. The SMILES string of the molecule is CCOC(=O)CCC(C#N)c1nccc2sc(I)cc12. The van der Waals surface area contributed by atoms with E-state index in [-0.39, 0.29) is 18.3 Å². The van der Waals surface area contributed by atoms with Crippen LogP contribution in [0, 0.1) is 14.2 Å². The second-order valence-corrected chi connectivity index (χ2v) is 7.16. The zero-order chi connectivity index (χ0) is 14.5. The smallest absolute Gasteiger partial charge is 0.305 e. The van der Waals surface area contributed by atoms with Crippen molar-refractivity contribution in [3.8, 4) is 6.07 Å². The highest BCUT2D eigenvalue weighted by molar-refractivity contribution is 14.1. The molecule has 1 atom stereocenters. The lowest BCUT2D eigenvalue weighted by atomic mass is 9.98. The molecule has 2 rings (SSSR count). The maximum Gasteiger partial charge on any atom is 0.305 e. The van der Waals surface area contributed by atoms with Crippen molar-refractivity contribution < 1.29 is 9.53 Å². The first kappa shape index (κ1) is 15.2. The van der Waals surface area contributed by atoms with Gasteiger partial charge in [-0.1, -0.05) is 0 Å². The number of hydrogen-bond acceptors (Lipinski definition) is 5. The van der Waals surface area contributed by atoms with Crippen LogP contribution in [-0.4, -0.2) is 17.6 Å². The molecule has 0 amide bonds. The van der Waals surface area contributed by atoms with Gasteiger partial charge in [0.05, 0.1) is 27.2 Å². The molecule has 1 unspecified atom stereocenters. The van der Waals surface area contributed by atoms with Gasteiger partial charge in [-0.25, -0.2) is 0 Å². The summed E-state index contributed by atoms with van der Waals surface area (Å²) in [6.45, 7) is 2.14. The Kier molecular flexibility index (Phi) is 5.31. The van der Waals surface area contributed by atoms with E-state index in [4.69, 9.17) is 4.74 Å². The number of thiophene rings is 1. The summed E-state index contributed by atoms with van der Waals surface area (Å²) in [6.07, 6.45) is 2.40. The fourth-order valence-electron chi connectivity index (χ4n) is 1.99. The molecular weight excluding hydrogens is 387 g/mol. The number of ether oxygens (including phenoxy) is 1. The van der Waals surface area contributed by atoms with Gasteiger partial charge < -0.3 is 4.74 Å². The summed E-state index contributed by atoms with van der Waals surface area (Å²) in [5.41, 5.74) is 0.758. The van der Waals surface area contributed by atoms with Gasteiger partial charge in [-0.3, -0.25) is 9.78 Å². The van der Waals surface area contributed by atoms with Crippen LogP contribution in [0.4, 0.5) is 0 Å². The van der Waals surface area contributed by atoms with Gasteiger partial charge in [0, 0.05) is 22.7 Å². The fraction of sp³-hybridized carbons (Fsp3) is 0.357. The molecule has 0 N–H and O–H groups in total. The molecule has 0 saturated carbocycles. The van der Waals surface area contributed by atoms with Crippen molar-refractivity contribution in [3.63, 3.8) is 0 Å². The summed E-state index contributed by atoms with van der Waals surface area (Å²) in [4.78, 5) is 15.8. The molecule has 20 heavy (non-hydrogen) atoms. The quantitative estimate of drug-likeness (QED) is 0.565. The zero-order valence-electron chi connectivity index (χ0n) is 10.9. The third kappa shape index (κ3) is 3.46. The third-order valence-electron chi connectivity index (χ3n) is 2.87. The zero-order valence-corrected chi connectivity index (χ0v) is 13.9. The van der Waals surface area contributed by atoms with Gasteiger partial charge in [0.1, 0.15) is 0 Å². The molecule has 0 radical (unpaired) electrons. The second-order valence-electron chi connectivity index (χ2n) is 4.18. The van der Waals surface area contributed by atoms with Gasteiger partial charge in [0.15, 0.2) is 0 Å². The molecule has 4 nitrogen and oxygen atoms in total. The van der Waals surface area contributed by atoms with E-state index in [0.29, 0.717) is 13.0 Å². The summed E-state index contributed by atoms with van der Waals surface area (Å²) < 4.78 is 7.18. The first-order valence-corrected chi connectivity index (χ1v) is 8.14. The molecule has 0 aromatic carbocycles. The first-order chi connectivity index (χ1) is 9.65. The normalized spacial score (nSPS) is 12.1. The maximum absolute atomic E-state index is 11.4. The van der Waals surface area contributed by atoms with Gasteiger partial charge in [-0.15, -0.1) is 11.3 Å². The first-order valence-electron chi connectivity index (χ1n) is 6.25. The Morgan fingerprint density at radius 2 is 2.45 bits per heavy atom. The highest BCUT2D eigenvalue weighted by Gasteiger charge is 2.18. The minimum Gasteiger partial charge on any atom is -0.466 e. The van der Waals surface area contributed by atoms with Gasteiger partial charge in [0.25, 0.3) is 0 Å². The Hall–Kier alpha value is -1.20. The molecule has 0 aliphatic carbocycles. The summed E-state index contributed by atoms with van der Waals surface area (Å²) in [6, 6.07) is 6.24. The van der Waals surface area contributed by atoms with Crippen LogP contribution < -0.4 is 0 Å². The number of halogens is 1. The molecule has 0 bridgehead atoms. The Labute approximate surface area is 134 Å². The Morgan fingerprint density at radius 3 is 3.15 bits per heavy atom. The van der Waals surface area contributed by atoms with Gasteiger partial charge in [0.2, 0.25) is 0 Å². The van der Waals surface area contributed by atoms with E-state index >= 15 is 0 Å². The minimum absolute atomic E-state index is 0.241. The van der Waals surface area contributed by atoms with E-state index in [1.807, 2.05) is 12.1 Å². The molecule has 2 heterocycles. The van der Waals surface area contributed by atoms with Crippen molar-refractivity contribution in [1.29, 1.82) is 5.26 Å². The Balaban J connectivity index is 2.22. The average Bonchev–Trinajstić information content (AvgIpc) is 2.80. The average molecular weight is 400 g/mol. The van der Waals surface area contributed by atoms with E-state index in [2.05, 4.69) is 33.6 Å². The number of nitriles is 1. The van der Waals surface area contributed by atoms with Gasteiger partial charge in [-0.2, -0.15) is 5.26 Å². The van der Waals surface area contributed by atoms with Crippen LogP contribution in [0.25, 0.3) is 10.1 Å². The summed E-state index contributed by atoms with van der Waals surface area (Å²) in [7, 11) is 0. The van der Waals surface area contributed by atoms with Gasteiger partial charge in [-0.05, 0) is 48.1 Å². The van der Waals surface area contributed by atoms with Crippen molar-refractivity contribution >= 4 is 50.0 Å². The lowest BCUT2D eigenvalue weighted by molar-refractivity contribution is -0.143. The second kappa shape index (κ2) is 6.99. The topological polar surface area (TPSA) is 63.0 Å². The highest BCUT2D eigenvalue weighted by atomic mass is 127. The van der Waals surface area contributed by atoms with E-state index in [1.54, 1.807) is 24.5 Å². The summed E-state index contributed by atoms with van der Waals surface area (Å²) in [5, 5.41) is 10.4. The van der Waals surface area contributed by atoms with Crippen LogP contribution in [-0.2, 0) is 9.53 Å². The summed E-state index contributed by atoms with van der Waals surface area (Å²) >= 11 is 3.93. The number of pyridine rings is 1. The monoisotopic (exact) mass is 400 g/mol. The molecule has 2 aromatic rings. The van der Waals surface area contributed by atoms with Crippen LogP contribution in [0.15, 0.2) is 18.3 Å². The van der Waals surface area contributed by atoms with Crippen molar-refractivity contribution in [2.45, 2.75) is 25.7 Å². The number of rotatable bonds is 5. The van der Waals surface area contributed by atoms with Crippen LogP contribution in [0.2, 0.25) is 0 Å². The number of fused-ring (bicyclic) bond motifs is 1. The largest absolute Gasteiger partial charge is 0.466 e. The molecule has 104 valence electrons. The predicted octanol–water partition coefficient (Wildman–Crippen LogP) is 3.85. The van der Waals surface area contributed by atoms with Crippen LogP contribution >= 0.6 is 33.9 Å². The molecule has 0 saturated heterocycles. The van der Waals surface area contributed by atoms with E-state index in [9.17, 15) is 10.1 Å². The molecule has 0 aliphatic heterocycles. The van der Waals surface area contributed by atoms with E-state index in [1.165, 1.54) is 0 Å². The number of hydrogen-bond donors (Lipinski definition) is 0. The molecular formula is C14H13IN2O2S. The van der Waals surface area contributed by atoms with E-state index < -0.39 is 0 Å². The summed E-state index contributed by atoms with van der Waals surface area (Å²) in [5.74, 6) is -0.645. The third-order valence-corrected chi connectivity index (χ3v) is 4.74. The van der Waals surface area contributed by atoms with Crippen LogP contribution in [0.3, 0.4) is 0 Å². The number of nitrogens with zero attached hydrogens (tertiary/aromatic N) is 2. The van der Waals surface area contributed by atoms with Crippen molar-refractivity contribution in [2.24, 2.45) is 0 Å². The van der Waals surface area contributed by atoms with Crippen molar-refractivity contribution in [3.05, 3.63) is 26.9 Å². The Bertz CT molecular complexity index is 663. The van der Waals surface area contributed by atoms with Crippen LogP contribution in [0.1, 0.15) is 31.4 Å². The predicted molar refractivity (Wildman–Crippen MR) is 86.6 cm³/mol. The lowest BCUT2D eigenvalue weighted by Gasteiger charge is -2.09. The number of carbonyl (C=O) groups is 1. The standard InChI is InChI=1S/C14H13IN2O2S/c1-2-19-13(18)4-3-9(8-16)14-10-7-12(15)20-11(10)5-6-17-14/h5-7,9H,2-4H2,1H3.